The van der Waals surface area contributed by atoms with Crippen molar-refractivity contribution in [3.63, 3.8) is 0 Å². The van der Waals surface area contributed by atoms with E-state index in [1.54, 1.807) is 28.4 Å². The maximum Gasteiger partial charge on any atom is 0.191 e. The summed E-state index contributed by atoms with van der Waals surface area (Å²) in [7, 11) is 6.68. The Morgan fingerprint density at radius 3 is 2.07 bits per heavy atom. The van der Waals surface area contributed by atoms with E-state index in [2.05, 4.69) is 15.6 Å². The van der Waals surface area contributed by atoms with Crippen LogP contribution >= 0.6 is 24.0 Å². The quantitative estimate of drug-likeness (QED) is 0.291. The van der Waals surface area contributed by atoms with Crippen molar-refractivity contribution in [3.8, 4) is 23.0 Å². The summed E-state index contributed by atoms with van der Waals surface area (Å²) in [6, 6.07) is 13.2. The van der Waals surface area contributed by atoms with Gasteiger partial charge in [0.25, 0.3) is 0 Å². The number of halogens is 1. The van der Waals surface area contributed by atoms with Gasteiger partial charge in [-0.15, -0.1) is 24.0 Å². The van der Waals surface area contributed by atoms with E-state index in [0.29, 0.717) is 12.5 Å². The van der Waals surface area contributed by atoms with Gasteiger partial charge in [0.15, 0.2) is 5.96 Å². The fourth-order valence-electron chi connectivity index (χ4n) is 2.82. The fraction of sp³-hybridized carbons (Fsp3) is 0.409. The van der Waals surface area contributed by atoms with Crippen LogP contribution in [0.2, 0.25) is 0 Å². The molecule has 8 heteroatoms. The number of hydrogen-bond donors (Lipinski definition) is 2. The molecule has 2 atom stereocenters. The Morgan fingerprint density at radius 2 is 1.50 bits per heavy atom. The second kappa shape index (κ2) is 13.0. The molecule has 0 radical (unpaired) electrons. The number of benzene rings is 2. The summed E-state index contributed by atoms with van der Waals surface area (Å²) in [5, 5.41) is 6.67. The monoisotopic (exact) mass is 529 g/mol. The highest BCUT2D eigenvalue weighted by molar-refractivity contribution is 14.0. The van der Waals surface area contributed by atoms with Crippen molar-refractivity contribution in [2.75, 3.05) is 34.9 Å². The summed E-state index contributed by atoms with van der Waals surface area (Å²) in [4.78, 5) is 4.30. The summed E-state index contributed by atoms with van der Waals surface area (Å²) < 4.78 is 21.9. The number of nitrogens with one attached hydrogen (secondary N) is 2. The molecule has 2 unspecified atom stereocenters. The van der Waals surface area contributed by atoms with Crippen LogP contribution in [-0.2, 0) is 0 Å². The van der Waals surface area contributed by atoms with E-state index < -0.39 is 0 Å². The van der Waals surface area contributed by atoms with Gasteiger partial charge in [0.2, 0.25) is 0 Å². The summed E-state index contributed by atoms with van der Waals surface area (Å²) in [6.45, 7) is 4.63. The van der Waals surface area contributed by atoms with Gasteiger partial charge in [-0.05, 0) is 56.3 Å². The van der Waals surface area contributed by atoms with Gasteiger partial charge in [0, 0.05) is 12.6 Å². The lowest BCUT2D eigenvalue weighted by Gasteiger charge is -2.22. The first-order chi connectivity index (χ1) is 14.0. The Labute approximate surface area is 196 Å². The fourth-order valence-corrected chi connectivity index (χ4v) is 2.82. The predicted octanol–water partition coefficient (Wildman–Crippen LogP) is 4.02. The minimum atomic E-state index is -0.0522. The van der Waals surface area contributed by atoms with Crippen molar-refractivity contribution in [2.45, 2.75) is 26.0 Å². The van der Waals surface area contributed by atoms with E-state index in [-0.39, 0.29) is 36.1 Å². The molecule has 2 aromatic rings. The van der Waals surface area contributed by atoms with E-state index in [0.717, 1.165) is 28.6 Å². The highest BCUT2D eigenvalue weighted by Crippen LogP contribution is 2.29. The number of ether oxygens (including phenoxy) is 4. The maximum atomic E-state index is 5.93. The number of rotatable bonds is 9. The predicted molar refractivity (Wildman–Crippen MR) is 131 cm³/mol. The Kier molecular flexibility index (Phi) is 11.2. The van der Waals surface area contributed by atoms with E-state index in [1.165, 1.54) is 0 Å². The van der Waals surface area contributed by atoms with Crippen LogP contribution < -0.4 is 29.6 Å². The van der Waals surface area contributed by atoms with Crippen molar-refractivity contribution < 1.29 is 18.9 Å². The molecule has 166 valence electrons. The molecule has 0 saturated heterocycles. The zero-order chi connectivity index (χ0) is 21.2. The van der Waals surface area contributed by atoms with Gasteiger partial charge in [-0.1, -0.05) is 0 Å². The zero-order valence-corrected chi connectivity index (χ0v) is 20.7. The van der Waals surface area contributed by atoms with Crippen LogP contribution in [0.5, 0.6) is 23.0 Å². The lowest BCUT2D eigenvalue weighted by atomic mass is 10.1. The van der Waals surface area contributed by atoms with Crippen LogP contribution in [0.3, 0.4) is 0 Å². The molecule has 0 aliphatic rings. The van der Waals surface area contributed by atoms with Crippen molar-refractivity contribution >= 4 is 29.9 Å². The second-order valence-corrected chi connectivity index (χ2v) is 6.53. The first kappa shape index (κ1) is 25.7. The van der Waals surface area contributed by atoms with Gasteiger partial charge < -0.3 is 29.6 Å². The average Bonchev–Trinajstić information content (AvgIpc) is 2.76. The molecule has 2 rings (SSSR count). The van der Waals surface area contributed by atoms with Crippen LogP contribution in [0.25, 0.3) is 0 Å². The molecule has 0 bridgehead atoms. The molecular weight excluding hydrogens is 497 g/mol. The molecule has 2 aromatic carbocycles. The standard InChI is InChI=1S/C22H31N3O4.HI/c1-15(29-18-9-7-17(26-4)8-10-18)14-24-22(23-3)25-16(2)20-13-19(27-5)11-12-21(20)28-6;/h7-13,15-16H,14H2,1-6H3,(H2,23,24,25);1H. The summed E-state index contributed by atoms with van der Waals surface area (Å²) in [5.41, 5.74) is 0.984. The molecule has 0 aliphatic carbocycles. The molecule has 0 heterocycles. The topological polar surface area (TPSA) is 73.3 Å². The third-order valence-electron chi connectivity index (χ3n) is 4.43. The van der Waals surface area contributed by atoms with Crippen LogP contribution in [0.1, 0.15) is 25.5 Å². The molecule has 0 saturated carbocycles. The molecule has 2 N–H and O–H groups in total. The largest absolute Gasteiger partial charge is 0.497 e. The first-order valence-corrected chi connectivity index (χ1v) is 9.50. The minimum absolute atomic E-state index is 0. The van der Waals surface area contributed by atoms with Gasteiger partial charge in [0.05, 0.1) is 33.9 Å². The van der Waals surface area contributed by atoms with Crippen molar-refractivity contribution in [2.24, 2.45) is 4.99 Å². The van der Waals surface area contributed by atoms with E-state index in [1.807, 2.05) is 56.3 Å². The smallest absolute Gasteiger partial charge is 0.191 e. The molecule has 30 heavy (non-hydrogen) atoms. The van der Waals surface area contributed by atoms with Crippen LogP contribution in [0.15, 0.2) is 47.5 Å². The normalized spacial score (nSPS) is 12.8. The van der Waals surface area contributed by atoms with Gasteiger partial charge in [-0.25, -0.2) is 0 Å². The Hall–Kier alpha value is -2.36. The van der Waals surface area contributed by atoms with Crippen molar-refractivity contribution in [3.05, 3.63) is 48.0 Å². The number of methoxy groups -OCH3 is 3. The second-order valence-electron chi connectivity index (χ2n) is 6.53. The number of aliphatic imine (C=N–C) groups is 1. The SMILES string of the molecule is CN=C(NCC(C)Oc1ccc(OC)cc1)NC(C)c1cc(OC)ccc1OC.I. The summed E-state index contributed by atoms with van der Waals surface area (Å²) >= 11 is 0. The molecule has 0 aromatic heterocycles. The number of guanidine groups is 1. The molecule has 0 fully saturated rings. The molecule has 0 amide bonds. The summed E-state index contributed by atoms with van der Waals surface area (Å²) in [5.74, 6) is 3.83. The molecule has 0 spiro atoms. The number of nitrogens with zero attached hydrogens (tertiary/aromatic N) is 1. The lowest BCUT2D eigenvalue weighted by Crippen LogP contribution is -2.42. The van der Waals surface area contributed by atoms with Crippen LogP contribution in [-0.4, -0.2) is 47.0 Å². The molecule has 7 nitrogen and oxygen atoms in total. The van der Waals surface area contributed by atoms with E-state index >= 15 is 0 Å². The van der Waals surface area contributed by atoms with Gasteiger partial charge in [-0.2, -0.15) is 0 Å². The third kappa shape index (κ3) is 7.47. The van der Waals surface area contributed by atoms with Gasteiger partial charge in [-0.3, -0.25) is 4.99 Å². The Bertz CT molecular complexity index is 799. The Morgan fingerprint density at radius 1 is 0.900 bits per heavy atom. The highest BCUT2D eigenvalue weighted by atomic mass is 127. The lowest BCUT2D eigenvalue weighted by molar-refractivity contribution is 0.223. The number of hydrogen-bond acceptors (Lipinski definition) is 5. The minimum Gasteiger partial charge on any atom is -0.497 e. The van der Waals surface area contributed by atoms with Gasteiger partial charge in [0.1, 0.15) is 29.1 Å². The Balaban J connectivity index is 0.00000450. The van der Waals surface area contributed by atoms with E-state index in [4.69, 9.17) is 18.9 Å². The average molecular weight is 529 g/mol. The third-order valence-corrected chi connectivity index (χ3v) is 4.43. The van der Waals surface area contributed by atoms with Gasteiger partial charge >= 0.3 is 0 Å². The highest BCUT2D eigenvalue weighted by Gasteiger charge is 2.15. The zero-order valence-electron chi connectivity index (χ0n) is 18.4. The molecular formula is C22H32IN3O4. The maximum absolute atomic E-state index is 5.93. The van der Waals surface area contributed by atoms with Crippen LogP contribution in [0.4, 0.5) is 0 Å². The molecule has 0 aliphatic heterocycles. The summed E-state index contributed by atoms with van der Waals surface area (Å²) in [6.07, 6.45) is -0.0522. The van der Waals surface area contributed by atoms with Crippen molar-refractivity contribution in [1.82, 2.24) is 10.6 Å². The van der Waals surface area contributed by atoms with E-state index in [9.17, 15) is 0 Å². The first-order valence-electron chi connectivity index (χ1n) is 9.50. The van der Waals surface area contributed by atoms with Crippen molar-refractivity contribution in [1.29, 1.82) is 0 Å². The van der Waals surface area contributed by atoms with Crippen LogP contribution in [0, 0.1) is 0 Å².